The van der Waals surface area contributed by atoms with E-state index in [0.717, 1.165) is 16.5 Å². The number of aromatic nitrogens is 2. The second kappa shape index (κ2) is 4.61. The first kappa shape index (κ1) is 11.5. The summed E-state index contributed by atoms with van der Waals surface area (Å²) in [5.74, 6) is 0.213. The summed E-state index contributed by atoms with van der Waals surface area (Å²) in [6, 6.07) is 9.34. The van der Waals surface area contributed by atoms with Crippen molar-refractivity contribution in [1.29, 1.82) is 0 Å². The molecular formula is C14H13N3O2. The third kappa shape index (κ3) is 2.22. The van der Waals surface area contributed by atoms with Crippen molar-refractivity contribution in [3.63, 3.8) is 0 Å². The average molecular weight is 255 g/mol. The van der Waals surface area contributed by atoms with Gasteiger partial charge in [0, 0.05) is 30.7 Å². The second-order valence-electron chi connectivity index (χ2n) is 4.42. The number of H-pyrrole nitrogens is 1. The molecule has 2 aromatic heterocycles. The van der Waals surface area contributed by atoms with Crippen LogP contribution in [0.4, 0.5) is 0 Å². The topological polar surface area (TPSA) is 62.1 Å². The van der Waals surface area contributed by atoms with Crippen LogP contribution in [-0.4, -0.2) is 28.1 Å². The number of para-hydroxylation sites is 1. The molecule has 5 nitrogen and oxygen atoms in total. The number of carbonyl (C=O) groups excluding carboxylic acids is 1. The van der Waals surface area contributed by atoms with E-state index in [1.807, 2.05) is 24.3 Å². The molecule has 5 heteroatoms. The van der Waals surface area contributed by atoms with Gasteiger partial charge in [0.25, 0.3) is 5.91 Å². The van der Waals surface area contributed by atoms with Crippen LogP contribution in [0, 0.1) is 0 Å². The van der Waals surface area contributed by atoms with Gasteiger partial charge in [-0.25, -0.2) is 0 Å². The van der Waals surface area contributed by atoms with E-state index in [2.05, 4.69) is 10.2 Å². The van der Waals surface area contributed by atoms with Crippen molar-refractivity contribution in [3.05, 3.63) is 54.0 Å². The normalized spacial score (nSPS) is 10.8. The van der Waals surface area contributed by atoms with Crippen molar-refractivity contribution < 1.29 is 9.21 Å². The SMILES string of the molecule is CN(Cc1cn[nH]c1)C(=O)c1cc2ccccc2o1. The van der Waals surface area contributed by atoms with Crippen LogP contribution in [0.15, 0.2) is 47.1 Å². The van der Waals surface area contributed by atoms with Crippen molar-refractivity contribution in [2.24, 2.45) is 0 Å². The maximum Gasteiger partial charge on any atom is 0.289 e. The van der Waals surface area contributed by atoms with Gasteiger partial charge < -0.3 is 9.32 Å². The van der Waals surface area contributed by atoms with Crippen molar-refractivity contribution in [3.8, 4) is 0 Å². The van der Waals surface area contributed by atoms with Gasteiger partial charge in [0.05, 0.1) is 6.20 Å². The Hall–Kier alpha value is -2.56. The first-order chi connectivity index (χ1) is 9.24. The van der Waals surface area contributed by atoms with Crippen LogP contribution in [0.25, 0.3) is 11.0 Å². The van der Waals surface area contributed by atoms with Gasteiger partial charge in [-0.1, -0.05) is 18.2 Å². The molecule has 3 rings (SSSR count). The van der Waals surface area contributed by atoms with Crippen LogP contribution >= 0.6 is 0 Å². The summed E-state index contributed by atoms with van der Waals surface area (Å²) in [7, 11) is 1.74. The van der Waals surface area contributed by atoms with E-state index < -0.39 is 0 Å². The van der Waals surface area contributed by atoms with E-state index in [4.69, 9.17) is 4.42 Å². The Balaban J connectivity index is 1.82. The van der Waals surface area contributed by atoms with Gasteiger partial charge in [0.1, 0.15) is 5.58 Å². The molecule has 1 N–H and O–H groups in total. The minimum absolute atomic E-state index is 0.141. The fourth-order valence-electron chi connectivity index (χ4n) is 1.99. The predicted octanol–water partition coefficient (Wildman–Crippen LogP) is 2.43. The van der Waals surface area contributed by atoms with Gasteiger partial charge in [0.15, 0.2) is 5.76 Å². The molecule has 0 atom stereocenters. The van der Waals surface area contributed by atoms with Gasteiger partial charge in [-0.05, 0) is 12.1 Å². The Morgan fingerprint density at radius 3 is 3.00 bits per heavy atom. The van der Waals surface area contributed by atoms with Crippen molar-refractivity contribution in [2.75, 3.05) is 7.05 Å². The van der Waals surface area contributed by atoms with Gasteiger partial charge in [-0.15, -0.1) is 0 Å². The van der Waals surface area contributed by atoms with Gasteiger partial charge in [-0.3, -0.25) is 9.89 Å². The molecule has 0 aliphatic heterocycles. The molecule has 0 fully saturated rings. The minimum atomic E-state index is -0.141. The number of hydrogen-bond donors (Lipinski definition) is 1. The lowest BCUT2D eigenvalue weighted by atomic mass is 10.2. The Bertz CT molecular complexity index is 667. The van der Waals surface area contributed by atoms with E-state index in [1.165, 1.54) is 0 Å². The Labute approximate surface area is 109 Å². The minimum Gasteiger partial charge on any atom is -0.451 e. The number of fused-ring (bicyclic) bond motifs is 1. The Morgan fingerprint density at radius 1 is 1.42 bits per heavy atom. The molecule has 0 radical (unpaired) electrons. The highest BCUT2D eigenvalue weighted by atomic mass is 16.3. The number of rotatable bonds is 3. The first-order valence-corrected chi connectivity index (χ1v) is 5.96. The molecule has 0 bridgehead atoms. The highest BCUT2D eigenvalue weighted by Crippen LogP contribution is 2.20. The molecule has 1 aromatic carbocycles. The van der Waals surface area contributed by atoms with Crippen LogP contribution in [0.1, 0.15) is 16.1 Å². The number of aromatic amines is 1. The summed E-state index contributed by atoms with van der Waals surface area (Å²) in [4.78, 5) is 13.8. The number of furan rings is 1. The molecule has 1 amide bonds. The third-order valence-corrected chi connectivity index (χ3v) is 2.96. The summed E-state index contributed by atoms with van der Waals surface area (Å²) in [6.45, 7) is 0.492. The fraction of sp³-hybridized carbons (Fsp3) is 0.143. The molecule has 96 valence electrons. The number of benzene rings is 1. The molecule has 0 saturated carbocycles. The van der Waals surface area contributed by atoms with Gasteiger partial charge in [0.2, 0.25) is 0 Å². The standard InChI is InChI=1S/C14H13N3O2/c1-17(9-10-7-15-16-8-10)14(18)13-6-11-4-2-3-5-12(11)19-13/h2-8H,9H2,1H3,(H,15,16). The molecular weight excluding hydrogens is 242 g/mol. The van der Waals surface area contributed by atoms with E-state index in [1.54, 1.807) is 30.4 Å². The Morgan fingerprint density at radius 2 is 2.26 bits per heavy atom. The monoisotopic (exact) mass is 255 g/mol. The van der Waals surface area contributed by atoms with Gasteiger partial charge >= 0.3 is 0 Å². The van der Waals surface area contributed by atoms with E-state index in [-0.39, 0.29) is 5.91 Å². The molecule has 0 aliphatic carbocycles. The zero-order chi connectivity index (χ0) is 13.2. The van der Waals surface area contributed by atoms with Crippen LogP contribution in [-0.2, 0) is 6.54 Å². The lowest BCUT2D eigenvalue weighted by Crippen LogP contribution is -2.25. The molecule has 0 unspecified atom stereocenters. The van der Waals surface area contributed by atoms with Crippen molar-refractivity contribution >= 4 is 16.9 Å². The Kier molecular flexibility index (Phi) is 2.79. The van der Waals surface area contributed by atoms with E-state index in [9.17, 15) is 4.79 Å². The molecule has 0 saturated heterocycles. The lowest BCUT2D eigenvalue weighted by Gasteiger charge is -2.14. The number of hydrogen-bond acceptors (Lipinski definition) is 3. The van der Waals surface area contributed by atoms with Gasteiger partial charge in [-0.2, -0.15) is 5.10 Å². The molecule has 0 aliphatic rings. The summed E-state index contributed by atoms with van der Waals surface area (Å²) in [5, 5.41) is 7.51. The summed E-state index contributed by atoms with van der Waals surface area (Å²) < 4.78 is 5.56. The molecule has 2 heterocycles. The smallest absolute Gasteiger partial charge is 0.289 e. The number of amides is 1. The van der Waals surface area contributed by atoms with E-state index in [0.29, 0.717) is 12.3 Å². The molecule has 3 aromatic rings. The van der Waals surface area contributed by atoms with Crippen LogP contribution in [0.5, 0.6) is 0 Å². The van der Waals surface area contributed by atoms with Crippen LogP contribution in [0.2, 0.25) is 0 Å². The van der Waals surface area contributed by atoms with E-state index >= 15 is 0 Å². The largest absolute Gasteiger partial charge is 0.451 e. The molecule has 0 spiro atoms. The summed E-state index contributed by atoms with van der Waals surface area (Å²) >= 11 is 0. The zero-order valence-electron chi connectivity index (χ0n) is 10.5. The molecule has 19 heavy (non-hydrogen) atoms. The average Bonchev–Trinajstić information content (AvgIpc) is 3.05. The van der Waals surface area contributed by atoms with Crippen LogP contribution < -0.4 is 0 Å². The third-order valence-electron chi connectivity index (χ3n) is 2.96. The van der Waals surface area contributed by atoms with Crippen LogP contribution in [0.3, 0.4) is 0 Å². The maximum atomic E-state index is 12.2. The summed E-state index contributed by atoms with van der Waals surface area (Å²) in [5.41, 5.74) is 1.68. The number of carbonyl (C=O) groups is 1. The highest BCUT2D eigenvalue weighted by molar-refractivity contribution is 5.95. The summed E-state index contributed by atoms with van der Waals surface area (Å²) in [6.07, 6.45) is 3.46. The zero-order valence-corrected chi connectivity index (χ0v) is 10.5. The number of nitrogens with zero attached hydrogens (tertiary/aromatic N) is 2. The fourth-order valence-corrected chi connectivity index (χ4v) is 1.99. The quantitative estimate of drug-likeness (QED) is 0.781. The second-order valence-corrected chi connectivity index (χ2v) is 4.42. The lowest BCUT2D eigenvalue weighted by molar-refractivity contribution is 0.0756. The van der Waals surface area contributed by atoms with Crippen molar-refractivity contribution in [1.82, 2.24) is 15.1 Å². The maximum absolute atomic E-state index is 12.2. The first-order valence-electron chi connectivity index (χ1n) is 5.96. The predicted molar refractivity (Wildman–Crippen MR) is 70.6 cm³/mol. The number of nitrogens with one attached hydrogen (secondary N) is 1. The van der Waals surface area contributed by atoms with Crippen molar-refractivity contribution in [2.45, 2.75) is 6.54 Å². The highest BCUT2D eigenvalue weighted by Gasteiger charge is 2.17.